The number of ether oxygens (including phenoxy) is 1. The van der Waals surface area contributed by atoms with Crippen LogP contribution in [-0.2, 0) is 39.3 Å². The molecule has 4 aromatic carbocycles. The highest BCUT2D eigenvalue weighted by atomic mass is 79.9. The minimum absolute atomic E-state index is 0.0404. The molecule has 2 aliphatic heterocycles. The van der Waals surface area contributed by atoms with Crippen LogP contribution >= 0.6 is 15.9 Å². The molecule has 0 bridgehead atoms. The third-order valence-electron chi connectivity index (χ3n) is 8.23. The lowest BCUT2D eigenvalue weighted by Crippen LogP contribution is -2.49. The Kier molecular flexibility index (Phi) is 7.22. The van der Waals surface area contributed by atoms with E-state index in [0.29, 0.717) is 18.7 Å². The number of likely N-dealkylation sites (tertiary alicyclic amines) is 1. The lowest BCUT2D eigenvalue weighted by molar-refractivity contribution is -0.142. The number of imide groups is 1. The van der Waals surface area contributed by atoms with Gasteiger partial charge < -0.3 is 9.64 Å². The maximum atomic E-state index is 14.8. The molecule has 0 aliphatic carbocycles. The van der Waals surface area contributed by atoms with E-state index < -0.39 is 11.3 Å². The second kappa shape index (κ2) is 11.0. The molecule has 0 N–H and O–H groups in total. The highest BCUT2D eigenvalue weighted by Gasteiger charge is 2.61. The summed E-state index contributed by atoms with van der Waals surface area (Å²) in [5, 5.41) is 0. The molecule has 0 unspecified atom stereocenters. The average molecular weight is 610 g/mol. The maximum absolute atomic E-state index is 14.8. The van der Waals surface area contributed by atoms with Crippen molar-refractivity contribution < 1.29 is 19.1 Å². The Morgan fingerprint density at radius 2 is 1.46 bits per heavy atom. The number of rotatable bonds is 8. The predicted octanol–water partition coefficient (Wildman–Crippen LogP) is 6.06. The molecule has 0 spiro atoms. The van der Waals surface area contributed by atoms with Crippen molar-refractivity contribution in [1.82, 2.24) is 4.90 Å². The fourth-order valence-corrected chi connectivity index (χ4v) is 6.63. The molecular weight excluding hydrogens is 580 g/mol. The van der Waals surface area contributed by atoms with Crippen LogP contribution in [0.3, 0.4) is 0 Å². The van der Waals surface area contributed by atoms with Gasteiger partial charge in [0.15, 0.2) is 0 Å². The fourth-order valence-electron chi connectivity index (χ4n) is 6.28. The van der Waals surface area contributed by atoms with Gasteiger partial charge in [-0.1, -0.05) is 101 Å². The number of carbonyl (C=O) groups excluding carboxylic acids is 3. The first-order chi connectivity index (χ1) is 19.9. The van der Waals surface area contributed by atoms with E-state index in [0.717, 1.165) is 32.4 Å². The monoisotopic (exact) mass is 608 g/mol. The van der Waals surface area contributed by atoms with E-state index in [1.54, 1.807) is 12.0 Å². The van der Waals surface area contributed by atoms with Crippen LogP contribution in [0.1, 0.15) is 28.7 Å². The number of amides is 3. The van der Waals surface area contributed by atoms with Gasteiger partial charge in [-0.3, -0.25) is 19.3 Å². The van der Waals surface area contributed by atoms with Crippen molar-refractivity contribution in [3.63, 3.8) is 0 Å². The standard InChI is InChI=1S/C34H29BrN2O4/c1-41-30-15-9-8-14-25(30)22-37-31(38)19-28(32(37)39)34(20-23-10-4-2-5-11-23)27-17-16-26(35)18-29(27)36(33(34)40)21-24-12-6-3-7-13-24/h2-18,28H,19-22H2,1H3/t28-,34+/m0/s1. The van der Waals surface area contributed by atoms with E-state index in [-0.39, 0.29) is 30.7 Å². The van der Waals surface area contributed by atoms with Gasteiger partial charge >= 0.3 is 0 Å². The van der Waals surface area contributed by atoms with Crippen molar-refractivity contribution >= 4 is 39.3 Å². The van der Waals surface area contributed by atoms with Crippen molar-refractivity contribution in [3.8, 4) is 5.75 Å². The molecule has 0 saturated carbocycles. The van der Waals surface area contributed by atoms with Crippen molar-refractivity contribution in [1.29, 1.82) is 0 Å². The maximum Gasteiger partial charge on any atom is 0.239 e. The molecule has 2 aliphatic rings. The summed E-state index contributed by atoms with van der Waals surface area (Å²) in [5.41, 5.74) is 2.94. The first-order valence-corrected chi connectivity index (χ1v) is 14.4. The number of fused-ring (bicyclic) bond motifs is 1. The summed E-state index contributed by atoms with van der Waals surface area (Å²) in [6.07, 6.45) is 0.264. The summed E-state index contributed by atoms with van der Waals surface area (Å²) >= 11 is 3.59. The Morgan fingerprint density at radius 1 is 0.805 bits per heavy atom. The van der Waals surface area contributed by atoms with Crippen molar-refractivity contribution in [2.75, 3.05) is 12.0 Å². The summed E-state index contributed by atoms with van der Waals surface area (Å²) in [5.74, 6) is -1.02. The molecule has 0 aromatic heterocycles. The van der Waals surface area contributed by atoms with E-state index >= 15 is 0 Å². The molecule has 2 atom stereocenters. The van der Waals surface area contributed by atoms with Crippen LogP contribution in [0.5, 0.6) is 5.75 Å². The Bertz CT molecular complexity index is 1620. The normalized spacial score (nSPS) is 20.0. The minimum Gasteiger partial charge on any atom is -0.496 e. The van der Waals surface area contributed by atoms with Gasteiger partial charge in [0, 0.05) is 22.1 Å². The van der Waals surface area contributed by atoms with Gasteiger partial charge in [0.2, 0.25) is 17.7 Å². The first kappa shape index (κ1) is 27.0. The van der Waals surface area contributed by atoms with Crippen molar-refractivity contribution in [2.24, 2.45) is 5.92 Å². The highest BCUT2D eigenvalue weighted by Crippen LogP contribution is 2.52. The molecule has 2 heterocycles. The van der Waals surface area contributed by atoms with Gasteiger partial charge in [0.05, 0.1) is 31.5 Å². The third kappa shape index (κ3) is 4.74. The molecule has 1 saturated heterocycles. The zero-order valence-electron chi connectivity index (χ0n) is 22.6. The Balaban J connectivity index is 1.46. The summed E-state index contributed by atoms with van der Waals surface area (Å²) in [4.78, 5) is 45.7. The number of nitrogens with zero attached hydrogens (tertiary/aromatic N) is 2. The van der Waals surface area contributed by atoms with Crippen molar-refractivity contribution in [2.45, 2.75) is 31.3 Å². The second-order valence-corrected chi connectivity index (χ2v) is 11.5. The average Bonchev–Trinajstić information content (AvgIpc) is 3.40. The zero-order valence-corrected chi connectivity index (χ0v) is 24.2. The van der Waals surface area contributed by atoms with Crippen LogP contribution in [0, 0.1) is 5.92 Å². The van der Waals surface area contributed by atoms with Gasteiger partial charge in [0.25, 0.3) is 0 Å². The number of anilines is 1. The molecule has 1 fully saturated rings. The van der Waals surface area contributed by atoms with Crippen LogP contribution in [-0.4, -0.2) is 29.7 Å². The van der Waals surface area contributed by atoms with Gasteiger partial charge in [-0.25, -0.2) is 0 Å². The minimum atomic E-state index is -1.24. The third-order valence-corrected chi connectivity index (χ3v) is 8.72. The summed E-state index contributed by atoms with van der Waals surface area (Å²) in [7, 11) is 1.57. The smallest absolute Gasteiger partial charge is 0.239 e. The number of halogens is 1. The molecule has 3 amide bonds. The van der Waals surface area contributed by atoms with Crippen LogP contribution in [0.25, 0.3) is 0 Å². The Labute approximate surface area is 247 Å². The number of hydrogen-bond acceptors (Lipinski definition) is 4. The molecule has 0 radical (unpaired) electrons. The van der Waals surface area contributed by atoms with Gasteiger partial charge in [0.1, 0.15) is 5.75 Å². The molecule has 7 heteroatoms. The van der Waals surface area contributed by atoms with Gasteiger partial charge in [-0.15, -0.1) is 0 Å². The predicted molar refractivity (Wildman–Crippen MR) is 160 cm³/mol. The zero-order chi connectivity index (χ0) is 28.6. The van der Waals surface area contributed by atoms with Gasteiger partial charge in [-0.05, 0) is 41.3 Å². The van der Waals surface area contributed by atoms with E-state index in [4.69, 9.17) is 4.74 Å². The number of hydrogen-bond donors (Lipinski definition) is 0. The largest absolute Gasteiger partial charge is 0.496 e. The second-order valence-electron chi connectivity index (χ2n) is 10.6. The van der Waals surface area contributed by atoms with Crippen LogP contribution in [0.2, 0.25) is 0 Å². The van der Waals surface area contributed by atoms with E-state index in [2.05, 4.69) is 15.9 Å². The Hall–Kier alpha value is -4.23. The number of benzene rings is 4. The van der Waals surface area contributed by atoms with Crippen LogP contribution < -0.4 is 9.64 Å². The van der Waals surface area contributed by atoms with E-state index in [1.165, 1.54) is 4.90 Å². The molecule has 206 valence electrons. The van der Waals surface area contributed by atoms with Crippen molar-refractivity contribution in [3.05, 3.63) is 130 Å². The van der Waals surface area contributed by atoms with Crippen LogP contribution in [0.4, 0.5) is 5.69 Å². The number of carbonyl (C=O) groups is 3. The molecule has 41 heavy (non-hydrogen) atoms. The molecular formula is C34H29BrN2O4. The summed E-state index contributed by atoms with van der Waals surface area (Å²) < 4.78 is 6.32. The topological polar surface area (TPSA) is 66.9 Å². The summed E-state index contributed by atoms with van der Waals surface area (Å²) in [6, 6.07) is 32.7. The van der Waals surface area contributed by atoms with Gasteiger partial charge in [-0.2, -0.15) is 0 Å². The first-order valence-electron chi connectivity index (χ1n) is 13.6. The Morgan fingerprint density at radius 3 is 2.17 bits per heavy atom. The molecule has 4 aromatic rings. The fraction of sp³-hybridized carbons (Fsp3) is 0.206. The summed E-state index contributed by atoms with van der Waals surface area (Å²) in [6.45, 7) is 0.453. The van der Waals surface area contributed by atoms with E-state index in [1.807, 2.05) is 103 Å². The molecule has 6 rings (SSSR count). The quantitative estimate of drug-likeness (QED) is 0.228. The number of methoxy groups -OCH3 is 1. The number of para-hydroxylation sites is 1. The lowest BCUT2D eigenvalue weighted by atomic mass is 9.66. The highest BCUT2D eigenvalue weighted by molar-refractivity contribution is 9.10. The molecule has 6 nitrogen and oxygen atoms in total. The van der Waals surface area contributed by atoms with Crippen LogP contribution in [0.15, 0.2) is 108 Å². The van der Waals surface area contributed by atoms with E-state index in [9.17, 15) is 14.4 Å². The lowest BCUT2D eigenvalue weighted by Gasteiger charge is -2.33. The SMILES string of the molecule is COc1ccccc1CN1C(=O)C[C@H]([C@]2(Cc3ccccc3)C(=O)N(Cc3ccccc3)c3cc(Br)ccc32)C1=O.